The average molecular weight is 394 g/mol. The van der Waals surface area contributed by atoms with E-state index in [0.717, 1.165) is 18.6 Å². The Kier molecular flexibility index (Phi) is 6.15. The van der Waals surface area contributed by atoms with Crippen LogP contribution in [0.15, 0.2) is 42.6 Å². The van der Waals surface area contributed by atoms with Crippen molar-refractivity contribution in [2.24, 2.45) is 5.92 Å². The molecule has 1 saturated heterocycles. The highest BCUT2D eigenvalue weighted by Gasteiger charge is 2.32. The normalized spacial score (nSPS) is 19.4. The second-order valence-electron chi connectivity index (χ2n) is 6.46. The van der Waals surface area contributed by atoms with Gasteiger partial charge in [-0.3, -0.25) is 15.6 Å². The predicted octanol–water partition coefficient (Wildman–Crippen LogP) is 3.01. The van der Waals surface area contributed by atoms with Crippen molar-refractivity contribution in [3.05, 3.63) is 53.7 Å². The van der Waals surface area contributed by atoms with Gasteiger partial charge in [0.15, 0.2) is 0 Å². The summed E-state index contributed by atoms with van der Waals surface area (Å²) in [4.78, 5) is 16.5. The lowest BCUT2D eigenvalue weighted by atomic mass is 9.99. The molecular weight excluding hydrogens is 373 g/mol. The second-order valence-corrected chi connectivity index (χ2v) is 6.46. The van der Waals surface area contributed by atoms with Gasteiger partial charge >= 0.3 is 6.18 Å². The standard InChI is InChI=1S/C19H21F3N4O2/c1-2-16-15(11-25-26-16)17(27)24-10-12-5-4-8-23-18(12)28-14-7-3-6-13(9-14)19(20,21)22/h3-9,15-16,25-26H,2,10-11H2,1H3,(H,24,27). The zero-order valence-electron chi connectivity index (χ0n) is 15.2. The van der Waals surface area contributed by atoms with Gasteiger partial charge in [0.1, 0.15) is 5.75 Å². The Morgan fingerprint density at radius 1 is 1.32 bits per heavy atom. The minimum absolute atomic E-state index is 0.0244. The van der Waals surface area contributed by atoms with Crippen molar-refractivity contribution in [3.8, 4) is 11.6 Å². The molecule has 28 heavy (non-hydrogen) atoms. The Morgan fingerprint density at radius 2 is 2.14 bits per heavy atom. The van der Waals surface area contributed by atoms with Crippen LogP contribution in [0.2, 0.25) is 0 Å². The Bertz CT molecular complexity index is 829. The quantitative estimate of drug-likeness (QED) is 0.702. The predicted molar refractivity (Wildman–Crippen MR) is 96.3 cm³/mol. The van der Waals surface area contributed by atoms with Crippen molar-refractivity contribution in [1.29, 1.82) is 0 Å². The number of nitrogens with zero attached hydrogens (tertiary/aromatic N) is 1. The molecule has 0 saturated carbocycles. The van der Waals surface area contributed by atoms with Gasteiger partial charge in [0.05, 0.1) is 11.5 Å². The molecule has 3 rings (SSSR count). The third kappa shape index (κ3) is 4.79. The van der Waals surface area contributed by atoms with Gasteiger partial charge in [-0.25, -0.2) is 4.98 Å². The van der Waals surface area contributed by atoms with Crippen LogP contribution in [0.1, 0.15) is 24.5 Å². The van der Waals surface area contributed by atoms with Crippen molar-refractivity contribution in [1.82, 2.24) is 21.2 Å². The van der Waals surface area contributed by atoms with E-state index in [1.165, 1.54) is 18.3 Å². The first kappa shape index (κ1) is 20.1. The lowest BCUT2D eigenvalue weighted by Gasteiger charge is -2.17. The molecule has 6 nitrogen and oxygen atoms in total. The number of carbonyl (C=O) groups is 1. The summed E-state index contributed by atoms with van der Waals surface area (Å²) in [7, 11) is 0. The fraction of sp³-hybridized carbons (Fsp3) is 0.368. The van der Waals surface area contributed by atoms with Gasteiger partial charge in [0.25, 0.3) is 0 Å². The van der Waals surface area contributed by atoms with Crippen molar-refractivity contribution in [2.45, 2.75) is 32.1 Å². The van der Waals surface area contributed by atoms with E-state index in [4.69, 9.17) is 4.74 Å². The smallest absolute Gasteiger partial charge is 0.416 e. The monoisotopic (exact) mass is 394 g/mol. The number of hydrazine groups is 1. The molecular formula is C19H21F3N4O2. The molecule has 1 aliphatic rings. The summed E-state index contributed by atoms with van der Waals surface area (Å²) in [6, 6.07) is 8.02. The van der Waals surface area contributed by atoms with Gasteiger partial charge in [-0.15, -0.1) is 0 Å². The van der Waals surface area contributed by atoms with E-state index < -0.39 is 11.7 Å². The number of hydrogen-bond acceptors (Lipinski definition) is 5. The number of carbonyl (C=O) groups excluding carboxylic acids is 1. The van der Waals surface area contributed by atoms with Crippen LogP contribution in [0, 0.1) is 5.92 Å². The van der Waals surface area contributed by atoms with Crippen molar-refractivity contribution >= 4 is 5.91 Å². The number of halogens is 3. The minimum Gasteiger partial charge on any atom is -0.439 e. The number of pyridine rings is 1. The van der Waals surface area contributed by atoms with Crippen LogP contribution in [0.3, 0.4) is 0 Å². The van der Waals surface area contributed by atoms with Crippen LogP contribution < -0.4 is 20.9 Å². The van der Waals surface area contributed by atoms with Gasteiger partial charge in [0.2, 0.25) is 11.8 Å². The number of rotatable bonds is 6. The number of nitrogens with one attached hydrogen (secondary N) is 3. The summed E-state index contributed by atoms with van der Waals surface area (Å²) in [6.07, 6.45) is -2.17. The van der Waals surface area contributed by atoms with E-state index in [0.29, 0.717) is 12.1 Å². The van der Waals surface area contributed by atoms with Crippen LogP contribution >= 0.6 is 0 Å². The van der Waals surface area contributed by atoms with Gasteiger partial charge in [0, 0.05) is 30.9 Å². The summed E-state index contributed by atoms with van der Waals surface area (Å²) in [6.45, 7) is 2.69. The van der Waals surface area contributed by atoms with E-state index in [9.17, 15) is 18.0 Å². The molecule has 9 heteroatoms. The maximum absolute atomic E-state index is 12.9. The molecule has 0 spiro atoms. The first-order valence-corrected chi connectivity index (χ1v) is 8.93. The molecule has 2 unspecified atom stereocenters. The Morgan fingerprint density at radius 3 is 2.89 bits per heavy atom. The largest absolute Gasteiger partial charge is 0.439 e. The SMILES string of the molecule is CCC1NNCC1C(=O)NCc1cccnc1Oc1cccc(C(F)(F)F)c1. The van der Waals surface area contributed by atoms with Crippen LogP contribution in [-0.2, 0) is 17.5 Å². The fourth-order valence-corrected chi connectivity index (χ4v) is 3.02. The molecule has 3 N–H and O–H groups in total. The molecule has 2 aromatic rings. The maximum Gasteiger partial charge on any atom is 0.416 e. The maximum atomic E-state index is 12.9. The van der Waals surface area contributed by atoms with Crippen molar-refractivity contribution in [2.75, 3.05) is 6.54 Å². The lowest BCUT2D eigenvalue weighted by molar-refractivity contribution is -0.137. The molecule has 0 aliphatic carbocycles. The zero-order chi connectivity index (χ0) is 20.1. The summed E-state index contributed by atoms with van der Waals surface area (Å²) < 4.78 is 44.2. The average Bonchev–Trinajstić information content (AvgIpc) is 3.15. The summed E-state index contributed by atoms with van der Waals surface area (Å²) in [5.41, 5.74) is 5.80. The van der Waals surface area contributed by atoms with Gasteiger partial charge in [-0.1, -0.05) is 19.1 Å². The molecule has 2 heterocycles. The highest BCUT2D eigenvalue weighted by molar-refractivity contribution is 5.80. The molecule has 1 aliphatic heterocycles. The molecule has 1 amide bonds. The first-order chi connectivity index (χ1) is 13.4. The zero-order valence-corrected chi connectivity index (χ0v) is 15.2. The van der Waals surface area contributed by atoms with Crippen LogP contribution in [-0.4, -0.2) is 23.5 Å². The topological polar surface area (TPSA) is 75.3 Å². The van der Waals surface area contributed by atoms with E-state index in [-0.39, 0.29) is 36.0 Å². The number of alkyl halides is 3. The van der Waals surface area contributed by atoms with E-state index >= 15 is 0 Å². The Balaban J connectivity index is 1.69. The summed E-state index contributed by atoms with van der Waals surface area (Å²) >= 11 is 0. The molecule has 150 valence electrons. The molecule has 0 bridgehead atoms. The van der Waals surface area contributed by atoms with E-state index in [1.807, 2.05) is 6.92 Å². The number of amides is 1. The van der Waals surface area contributed by atoms with Gasteiger partial charge in [-0.05, 0) is 30.7 Å². The van der Waals surface area contributed by atoms with Crippen molar-refractivity contribution < 1.29 is 22.7 Å². The summed E-state index contributed by atoms with van der Waals surface area (Å²) in [5, 5.41) is 2.85. The Labute approximate surface area is 160 Å². The number of ether oxygens (including phenoxy) is 1. The highest BCUT2D eigenvalue weighted by Crippen LogP contribution is 2.32. The number of aromatic nitrogens is 1. The minimum atomic E-state index is -4.46. The summed E-state index contributed by atoms with van der Waals surface area (Å²) in [5.74, 6) is -0.138. The third-order valence-corrected chi connectivity index (χ3v) is 4.55. The van der Waals surface area contributed by atoms with E-state index in [1.54, 1.807) is 12.1 Å². The molecule has 1 fully saturated rings. The van der Waals surface area contributed by atoms with Crippen LogP contribution in [0.5, 0.6) is 11.6 Å². The third-order valence-electron chi connectivity index (χ3n) is 4.55. The lowest BCUT2D eigenvalue weighted by Crippen LogP contribution is -2.38. The highest BCUT2D eigenvalue weighted by atomic mass is 19.4. The number of benzene rings is 1. The molecule has 0 radical (unpaired) electrons. The van der Waals surface area contributed by atoms with Crippen LogP contribution in [0.4, 0.5) is 13.2 Å². The van der Waals surface area contributed by atoms with Crippen LogP contribution in [0.25, 0.3) is 0 Å². The van der Waals surface area contributed by atoms with Crippen molar-refractivity contribution in [3.63, 3.8) is 0 Å². The number of hydrogen-bond donors (Lipinski definition) is 3. The molecule has 2 atom stereocenters. The Hall–Kier alpha value is -2.65. The first-order valence-electron chi connectivity index (χ1n) is 8.93. The molecule has 1 aromatic carbocycles. The fourth-order valence-electron chi connectivity index (χ4n) is 3.02. The van der Waals surface area contributed by atoms with Gasteiger partial charge in [-0.2, -0.15) is 13.2 Å². The second kappa shape index (κ2) is 8.57. The van der Waals surface area contributed by atoms with Gasteiger partial charge < -0.3 is 10.1 Å². The van der Waals surface area contributed by atoms with E-state index in [2.05, 4.69) is 21.2 Å². The molecule has 1 aromatic heterocycles.